The first kappa shape index (κ1) is 19.5. The molecular weight excluding hydrogens is 374 g/mol. The number of fused-ring (bicyclic) bond motifs is 4. The summed E-state index contributed by atoms with van der Waals surface area (Å²) in [5.41, 5.74) is -4.80. The smallest absolute Gasteiger partial charge is 0.317 e. The van der Waals surface area contributed by atoms with E-state index < -0.39 is 70.4 Å². The minimum atomic E-state index is -2.49. The van der Waals surface area contributed by atoms with Gasteiger partial charge in [0.2, 0.25) is 5.78 Å². The van der Waals surface area contributed by atoms with Gasteiger partial charge in [0.1, 0.15) is 11.7 Å². The van der Waals surface area contributed by atoms with Gasteiger partial charge in [0.15, 0.2) is 0 Å². The summed E-state index contributed by atoms with van der Waals surface area (Å²) in [7, 11) is 0. The average molecular weight is 391 g/mol. The van der Waals surface area contributed by atoms with Crippen molar-refractivity contribution >= 4 is 17.5 Å². The van der Waals surface area contributed by atoms with Crippen molar-refractivity contribution in [3.8, 4) is 0 Å². The first-order chi connectivity index (χ1) is 13.1. The van der Waals surface area contributed by atoms with Crippen LogP contribution in [0.3, 0.4) is 0 Å². The summed E-state index contributed by atoms with van der Waals surface area (Å²) in [6.07, 6.45) is -0.539. The van der Waals surface area contributed by atoms with E-state index in [1.165, 1.54) is 24.3 Å². The van der Waals surface area contributed by atoms with Crippen LogP contribution in [0.1, 0.15) is 29.3 Å². The van der Waals surface area contributed by atoms with Crippen LogP contribution in [0.5, 0.6) is 0 Å². The molecule has 148 valence electrons. The lowest BCUT2D eigenvalue weighted by Crippen LogP contribution is -2.75. The van der Waals surface area contributed by atoms with Gasteiger partial charge >= 0.3 is 11.5 Å². The number of hydrogen-bond donors (Lipinski definition) is 1. The van der Waals surface area contributed by atoms with E-state index in [0.29, 0.717) is 0 Å². The molecule has 1 aliphatic heterocycles. The fourth-order valence-electron chi connectivity index (χ4n) is 4.63. The van der Waals surface area contributed by atoms with Crippen LogP contribution in [0.15, 0.2) is 24.3 Å². The van der Waals surface area contributed by atoms with Gasteiger partial charge in [-0.15, -0.1) is 0 Å². The third-order valence-electron chi connectivity index (χ3n) is 5.62. The number of rotatable bonds is 6. The Labute approximate surface area is 158 Å². The Balaban J connectivity index is 2.39. The van der Waals surface area contributed by atoms with Gasteiger partial charge in [0.25, 0.3) is 5.54 Å². The molecule has 2 aliphatic rings. The SMILES string of the molecule is CC(=O)CC1[C@]2([N+](=O)[O-])CN(CC(=O)O)C[C@@]1([N+](=O)[O-])C(=O)c1ccccc12. The molecule has 1 N–H and O–H groups in total. The Morgan fingerprint density at radius 2 is 1.75 bits per heavy atom. The number of benzene rings is 1. The highest BCUT2D eigenvalue weighted by molar-refractivity contribution is 6.06. The lowest BCUT2D eigenvalue weighted by Gasteiger charge is -2.50. The fraction of sp³-hybridized carbons (Fsp3) is 0.471. The lowest BCUT2D eigenvalue weighted by atomic mass is 9.56. The number of carbonyl (C=O) groups is 3. The fourth-order valence-corrected chi connectivity index (χ4v) is 4.63. The van der Waals surface area contributed by atoms with Crippen molar-refractivity contribution in [1.82, 2.24) is 4.90 Å². The zero-order valence-electron chi connectivity index (χ0n) is 14.9. The number of Topliss-reactive ketones (excluding diaryl/α,β-unsaturated/α-hetero) is 2. The Bertz CT molecular complexity index is 915. The summed E-state index contributed by atoms with van der Waals surface area (Å²) in [6.45, 7) is -0.623. The van der Waals surface area contributed by atoms with Crippen LogP contribution in [-0.2, 0) is 15.1 Å². The standard InChI is InChI=1S/C17H17N3O8/c1-10(21)6-13-16(19(25)26)8-18(7-14(22)23)9-17(13,20(27)28)15(24)11-4-2-3-5-12(11)16/h2-5,13H,6-9H2,1H3,(H,22,23)/t13?,16-,17-/m0/s1. The van der Waals surface area contributed by atoms with Gasteiger partial charge in [0.05, 0.1) is 19.6 Å². The zero-order valence-corrected chi connectivity index (χ0v) is 14.9. The molecule has 1 saturated heterocycles. The predicted octanol–water partition coefficient (Wildman–Crippen LogP) is 0.366. The number of carboxylic acid groups (broad SMARTS) is 1. The Kier molecular flexibility index (Phi) is 4.50. The first-order valence-corrected chi connectivity index (χ1v) is 8.44. The molecule has 3 rings (SSSR count). The minimum absolute atomic E-state index is 0.0242. The van der Waals surface area contributed by atoms with Gasteiger partial charge in [-0.05, 0) is 6.92 Å². The monoisotopic (exact) mass is 391 g/mol. The van der Waals surface area contributed by atoms with Crippen LogP contribution in [-0.4, -0.2) is 62.6 Å². The number of piperidine rings is 1. The number of carbonyl (C=O) groups excluding carboxylic acids is 2. The van der Waals surface area contributed by atoms with Crippen LogP contribution in [0.2, 0.25) is 0 Å². The molecule has 3 atom stereocenters. The second kappa shape index (κ2) is 6.44. The van der Waals surface area contributed by atoms with Gasteiger partial charge in [-0.2, -0.15) is 0 Å². The van der Waals surface area contributed by atoms with Crippen molar-refractivity contribution in [2.75, 3.05) is 19.6 Å². The van der Waals surface area contributed by atoms with Crippen molar-refractivity contribution < 1.29 is 29.3 Å². The molecule has 11 nitrogen and oxygen atoms in total. The molecular formula is C17H17N3O8. The highest BCUT2D eigenvalue weighted by atomic mass is 16.6. The van der Waals surface area contributed by atoms with Crippen LogP contribution in [0, 0.1) is 26.1 Å². The third-order valence-corrected chi connectivity index (χ3v) is 5.62. The van der Waals surface area contributed by atoms with Gasteiger partial charge < -0.3 is 9.90 Å². The van der Waals surface area contributed by atoms with Crippen LogP contribution in [0.25, 0.3) is 0 Å². The minimum Gasteiger partial charge on any atom is -0.480 e. The summed E-state index contributed by atoms with van der Waals surface area (Å²) < 4.78 is 0. The molecule has 0 aromatic heterocycles. The summed E-state index contributed by atoms with van der Waals surface area (Å²) in [5, 5.41) is 33.6. The summed E-state index contributed by atoms with van der Waals surface area (Å²) >= 11 is 0. The number of carboxylic acids is 1. The molecule has 0 amide bonds. The topological polar surface area (TPSA) is 161 Å². The largest absolute Gasteiger partial charge is 0.480 e. The molecule has 1 aromatic carbocycles. The number of nitrogens with zero attached hydrogens (tertiary/aromatic N) is 3. The summed E-state index contributed by atoms with van der Waals surface area (Å²) in [4.78, 5) is 60.3. The molecule has 2 bridgehead atoms. The van der Waals surface area contributed by atoms with Crippen molar-refractivity contribution in [3.05, 3.63) is 55.6 Å². The highest BCUT2D eigenvalue weighted by Gasteiger charge is 2.77. The van der Waals surface area contributed by atoms with E-state index in [1.54, 1.807) is 0 Å². The van der Waals surface area contributed by atoms with E-state index in [1.807, 2.05) is 0 Å². The maximum Gasteiger partial charge on any atom is 0.317 e. The molecule has 1 unspecified atom stereocenters. The average Bonchev–Trinajstić information content (AvgIpc) is 2.59. The van der Waals surface area contributed by atoms with Gasteiger partial charge in [-0.25, -0.2) is 0 Å². The van der Waals surface area contributed by atoms with Crippen molar-refractivity contribution in [1.29, 1.82) is 0 Å². The van der Waals surface area contributed by atoms with Crippen molar-refractivity contribution in [2.45, 2.75) is 24.4 Å². The highest BCUT2D eigenvalue weighted by Crippen LogP contribution is 2.53. The lowest BCUT2D eigenvalue weighted by molar-refractivity contribution is -0.640. The molecule has 0 radical (unpaired) electrons. The Morgan fingerprint density at radius 1 is 1.18 bits per heavy atom. The maximum absolute atomic E-state index is 13.2. The Morgan fingerprint density at radius 3 is 2.29 bits per heavy atom. The maximum atomic E-state index is 13.2. The van der Waals surface area contributed by atoms with Gasteiger partial charge in [-0.3, -0.25) is 34.7 Å². The van der Waals surface area contributed by atoms with Crippen molar-refractivity contribution in [2.24, 2.45) is 5.92 Å². The molecule has 11 heteroatoms. The number of ketones is 2. The predicted molar refractivity (Wildman–Crippen MR) is 92.0 cm³/mol. The van der Waals surface area contributed by atoms with Crippen LogP contribution in [0.4, 0.5) is 0 Å². The molecule has 1 fully saturated rings. The summed E-state index contributed by atoms with van der Waals surface area (Å²) in [6, 6.07) is 5.56. The molecule has 1 aliphatic carbocycles. The van der Waals surface area contributed by atoms with E-state index >= 15 is 0 Å². The quantitative estimate of drug-likeness (QED) is 0.533. The summed E-state index contributed by atoms with van der Waals surface area (Å²) in [5.74, 6) is -4.33. The van der Waals surface area contributed by atoms with E-state index in [-0.39, 0.29) is 11.1 Å². The first-order valence-electron chi connectivity index (χ1n) is 8.44. The number of aliphatic carboxylic acids is 1. The number of hydrogen-bond acceptors (Lipinski definition) is 8. The molecule has 1 heterocycles. The van der Waals surface area contributed by atoms with Crippen molar-refractivity contribution in [3.63, 3.8) is 0 Å². The Hall–Kier alpha value is -3.21. The molecule has 0 spiro atoms. The molecule has 28 heavy (non-hydrogen) atoms. The number of nitro groups is 2. The van der Waals surface area contributed by atoms with Crippen LogP contribution >= 0.6 is 0 Å². The van der Waals surface area contributed by atoms with Gasteiger partial charge in [-0.1, -0.05) is 24.3 Å². The second-order valence-electron chi connectivity index (χ2n) is 7.24. The molecule has 1 aromatic rings. The van der Waals surface area contributed by atoms with E-state index in [4.69, 9.17) is 5.11 Å². The second-order valence-corrected chi connectivity index (χ2v) is 7.24. The molecule has 0 saturated carbocycles. The normalized spacial score (nSPS) is 29.0. The van der Waals surface area contributed by atoms with E-state index in [9.17, 15) is 34.6 Å². The third kappa shape index (κ3) is 2.50. The van der Waals surface area contributed by atoms with Gasteiger partial charge in [0, 0.05) is 27.4 Å². The zero-order chi connectivity index (χ0) is 20.9. The number of likely N-dealkylation sites (tertiary alicyclic amines) is 1. The van der Waals surface area contributed by atoms with E-state index in [2.05, 4.69) is 0 Å². The van der Waals surface area contributed by atoms with E-state index in [0.717, 1.165) is 11.8 Å². The van der Waals surface area contributed by atoms with Crippen LogP contribution < -0.4 is 0 Å².